The maximum absolute atomic E-state index is 11.1. The summed E-state index contributed by atoms with van der Waals surface area (Å²) in [6.07, 6.45) is 5.31. The summed E-state index contributed by atoms with van der Waals surface area (Å²) < 4.78 is 0. The summed E-state index contributed by atoms with van der Waals surface area (Å²) in [5.41, 5.74) is 3.52. The van der Waals surface area contributed by atoms with Crippen molar-refractivity contribution in [3.05, 3.63) is 28.8 Å². The molecule has 2 atom stereocenters. The first kappa shape index (κ1) is 19.7. The van der Waals surface area contributed by atoms with Gasteiger partial charge in [-0.05, 0) is 41.8 Å². The molecule has 1 aromatic rings. The molecular formula is C23H38N2O. The van der Waals surface area contributed by atoms with Crippen LogP contribution in [-0.4, -0.2) is 40.7 Å². The van der Waals surface area contributed by atoms with Gasteiger partial charge in [0, 0.05) is 24.2 Å². The van der Waals surface area contributed by atoms with Gasteiger partial charge in [-0.25, -0.2) is 0 Å². The molecule has 1 aliphatic heterocycles. The van der Waals surface area contributed by atoms with E-state index in [0.29, 0.717) is 17.8 Å². The van der Waals surface area contributed by atoms with E-state index in [4.69, 9.17) is 0 Å². The molecule has 0 unspecified atom stereocenters. The summed E-state index contributed by atoms with van der Waals surface area (Å²) in [5.74, 6) is 0.507. The Morgan fingerprint density at radius 3 is 2.15 bits per heavy atom. The molecule has 0 amide bonds. The van der Waals surface area contributed by atoms with Gasteiger partial charge in [0.1, 0.15) is 5.75 Å². The minimum absolute atomic E-state index is 0.0602. The van der Waals surface area contributed by atoms with Crippen molar-refractivity contribution in [2.75, 3.05) is 13.7 Å². The van der Waals surface area contributed by atoms with Crippen LogP contribution in [0.25, 0.3) is 0 Å². The summed E-state index contributed by atoms with van der Waals surface area (Å²) in [4.78, 5) is 5.11. The molecule has 3 rings (SSSR count). The van der Waals surface area contributed by atoms with Gasteiger partial charge in [0.2, 0.25) is 0 Å². The Morgan fingerprint density at radius 1 is 0.962 bits per heavy atom. The highest BCUT2D eigenvalue weighted by Crippen LogP contribution is 2.40. The van der Waals surface area contributed by atoms with E-state index in [-0.39, 0.29) is 10.8 Å². The Balaban J connectivity index is 1.96. The average Bonchev–Trinajstić information content (AvgIpc) is 2.84. The topological polar surface area (TPSA) is 26.7 Å². The van der Waals surface area contributed by atoms with Gasteiger partial charge in [-0.3, -0.25) is 9.80 Å². The van der Waals surface area contributed by atoms with E-state index in [1.165, 1.54) is 31.2 Å². The lowest BCUT2D eigenvalue weighted by atomic mass is 9.79. The summed E-state index contributed by atoms with van der Waals surface area (Å²) >= 11 is 0. The normalized spacial score (nSPS) is 25.5. The zero-order valence-electron chi connectivity index (χ0n) is 17.9. The van der Waals surface area contributed by atoms with Crippen LogP contribution in [0, 0.1) is 0 Å². The minimum Gasteiger partial charge on any atom is -0.507 e. The number of phenolic OH excluding ortho intramolecular Hbond substituents is 1. The number of nitrogens with zero attached hydrogens (tertiary/aromatic N) is 2. The zero-order valence-corrected chi connectivity index (χ0v) is 17.9. The lowest BCUT2D eigenvalue weighted by Crippen LogP contribution is -2.38. The van der Waals surface area contributed by atoms with Crippen LogP contribution in [0.3, 0.4) is 0 Å². The molecule has 1 N–H and O–H groups in total. The van der Waals surface area contributed by atoms with Gasteiger partial charge in [0.25, 0.3) is 0 Å². The maximum atomic E-state index is 11.1. The number of aromatic hydroxyl groups is 1. The first-order valence-electron chi connectivity index (χ1n) is 10.3. The van der Waals surface area contributed by atoms with E-state index >= 15 is 0 Å². The predicted molar refractivity (Wildman–Crippen MR) is 110 cm³/mol. The lowest BCUT2D eigenvalue weighted by Gasteiger charge is -2.33. The predicted octanol–water partition coefficient (Wildman–Crippen LogP) is 5.00. The second kappa shape index (κ2) is 6.83. The monoisotopic (exact) mass is 358 g/mol. The molecule has 26 heavy (non-hydrogen) atoms. The Bertz CT molecular complexity index is 653. The maximum Gasteiger partial charge on any atom is 0.123 e. The zero-order chi connectivity index (χ0) is 19.3. The number of likely N-dealkylation sites (N-methyl/N-ethyl adjacent to an activating group) is 1. The highest BCUT2D eigenvalue weighted by molar-refractivity contribution is 5.48. The SMILES string of the molecule is CN1CN(Cc2cc(C(C)(C)C)cc(C(C)(C)C)c2O)[C@@H]2CCCC[C@H]21. The smallest absolute Gasteiger partial charge is 0.123 e. The molecular weight excluding hydrogens is 320 g/mol. The van der Waals surface area contributed by atoms with Gasteiger partial charge in [-0.1, -0.05) is 66.5 Å². The van der Waals surface area contributed by atoms with Crippen molar-refractivity contribution in [3.8, 4) is 5.75 Å². The Labute approximate surface area is 160 Å². The van der Waals surface area contributed by atoms with Crippen molar-refractivity contribution in [2.45, 2.75) is 96.7 Å². The van der Waals surface area contributed by atoms with E-state index in [1.807, 2.05) is 0 Å². The molecule has 0 radical (unpaired) electrons. The highest BCUT2D eigenvalue weighted by atomic mass is 16.3. The molecule has 146 valence electrons. The second-order valence-electron chi connectivity index (χ2n) is 10.6. The first-order chi connectivity index (χ1) is 12.0. The van der Waals surface area contributed by atoms with Crippen LogP contribution in [0.15, 0.2) is 12.1 Å². The average molecular weight is 359 g/mol. The number of hydrogen-bond donors (Lipinski definition) is 1. The van der Waals surface area contributed by atoms with E-state index in [2.05, 4.69) is 70.5 Å². The molecule has 0 spiro atoms. The molecule has 3 nitrogen and oxygen atoms in total. The van der Waals surface area contributed by atoms with Gasteiger partial charge in [0.05, 0.1) is 6.67 Å². The van der Waals surface area contributed by atoms with Crippen LogP contribution in [-0.2, 0) is 17.4 Å². The van der Waals surface area contributed by atoms with Crippen molar-refractivity contribution in [1.29, 1.82) is 0 Å². The third-order valence-corrected chi connectivity index (χ3v) is 6.37. The second-order valence-corrected chi connectivity index (χ2v) is 10.6. The Hall–Kier alpha value is -1.06. The van der Waals surface area contributed by atoms with Gasteiger partial charge < -0.3 is 5.11 Å². The fraction of sp³-hybridized carbons (Fsp3) is 0.739. The van der Waals surface area contributed by atoms with E-state index in [1.54, 1.807) is 0 Å². The number of phenols is 1. The first-order valence-corrected chi connectivity index (χ1v) is 10.3. The number of hydrogen-bond acceptors (Lipinski definition) is 3. The van der Waals surface area contributed by atoms with Crippen LogP contribution in [0.2, 0.25) is 0 Å². The van der Waals surface area contributed by atoms with Crippen LogP contribution < -0.4 is 0 Å². The summed E-state index contributed by atoms with van der Waals surface area (Å²) in [7, 11) is 2.26. The quantitative estimate of drug-likeness (QED) is 0.805. The number of fused-ring (bicyclic) bond motifs is 1. The van der Waals surface area contributed by atoms with Gasteiger partial charge >= 0.3 is 0 Å². The third-order valence-electron chi connectivity index (χ3n) is 6.37. The molecule has 3 heteroatoms. The van der Waals surface area contributed by atoms with Crippen LogP contribution >= 0.6 is 0 Å². The fourth-order valence-electron chi connectivity index (χ4n) is 4.73. The molecule has 1 aromatic carbocycles. The van der Waals surface area contributed by atoms with Gasteiger partial charge in [-0.15, -0.1) is 0 Å². The molecule has 2 aliphatic rings. The van der Waals surface area contributed by atoms with Crippen LogP contribution in [0.5, 0.6) is 5.75 Å². The van der Waals surface area contributed by atoms with Crippen molar-refractivity contribution in [1.82, 2.24) is 9.80 Å². The number of benzene rings is 1. The number of rotatable bonds is 2. The molecule has 0 aromatic heterocycles. The molecule has 2 fully saturated rings. The molecule has 1 aliphatic carbocycles. The highest BCUT2D eigenvalue weighted by Gasteiger charge is 2.39. The third kappa shape index (κ3) is 3.80. The van der Waals surface area contributed by atoms with Gasteiger partial charge in [0.15, 0.2) is 0 Å². The van der Waals surface area contributed by atoms with E-state index in [9.17, 15) is 5.11 Å². The standard InChI is InChI=1S/C23H38N2O/c1-22(2,3)17-12-16(21(26)18(13-17)23(4,5)6)14-25-15-24(7)19-10-8-9-11-20(19)25/h12-13,19-20,26H,8-11,14-15H2,1-7H3/t19-,20-/m1/s1. The van der Waals surface area contributed by atoms with E-state index < -0.39 is 0 Å². The largest absolute Gasteiger partial charge is 0.507 e. The van der Waals surface area contributed by atoms with Crippen molar-refractivity contribution >= 4 is 0 Å². The minimum atomic E-state index is -0.0602. The fourth-order valence-corrected chi connectivity index (χ4v) is 4.73. The molecule has 0 bridgehead atoms. The van der Waals surface area contributed by atoms with Crippen LogP contribution in [0.1, 0.15) is 83.9 Å². The van der Waals surface area contributed by atoms with Crippen LogP contribution in [0.4, 0.5) is 0 Å². The summed E-state index contributed by atoms with van der Waals surface area (Å²) in [6, 6.07) is 5.81. The van der Waals surface area contributed by atoms with Crippen molar-refractivity contribution in [2.24, 2.45) is 0 Å². The molecule has 1 saturated carbocycles. The summed E-state index contributed by atoms with van der Waals surface area (Å²) in [6.45, 7) is 15.2. The summed E-state index contributed by atoms with van der Waals surface area (Å²) in [5, 5.41) is 11.1. The van der Waals surface area contributed by atoms with Crippen molar-refractivity contribution in [3.63, 3.8) is 0 Å². The molecule has 1 heterocycles. The molecule has 1 saturated heterocycles. The van der Waals surface area contributed by atoms with Gasteiger partial charge in [-0.2, -0.15) is 0 Å². The lowest BCUT2D eigenvalue weighted by molar-refractivity contribution is 0.198. The van der Waals surface area contributed by atoms with Crippen molar-refractivity contribution < 1.29 is 5.11 Å². The Kier molecular flexibility index (Phi) is 5.18. The van der Waals surface area contributed by atoms with E-state index in [0.717, 1.165) is 24.3 Å². The Morgan fingerprint density at radius 2 is 1.58 bits per heavy atom.